The molecule has 0 aliphatic carbocycles. The van der Waals surface area contributed by atoms with E-state index in [2.05, 4.69) is 5.32 Å². The summed E-state index contributed by atoms with van der Waals surface area (Å²) in [5, 5.41) is 15.4. The number of aryl methyl sites for hydroxylation is 1. The van der Waals surface area contributed by atoms with Crippen LogP contribution < -0.4 is 10.4 Å². The third kappa shape index (κ3) is 5.92. The molecule has 0 aliphatic rings. The summed E-state index contributed by atoms with van der Waals surface area (Å²) in [6, 6.07) is 7.72. The van der Waals surface area contributed by atoms with Crippen LogP contribution in [0.5, 0.6) is 0 Å². The number of aliphatic carboxylic acids is 1. The normalized spacial score (nSPS) is 10.7. The summed E-state index contributed by atoms with van der Waals surface area (Å²) in [6.45, 7) is 5.49. The molecule has 1 amide bonds. The maximum Gasteiger partial charge on any atom is 0.342 e. The predicted octanol–water partition coefficient (Wildman–Crippen LogP) is 3.15. The monoisotopic (exact) mass is 388 g/mol. The van der Waals surface area contributed by atoms with Gasteiger partial charge in [0.15, 0.2) is 0 Å². The van der Waals surface area contributed by atoms with Gasteiger partial charge >= 0.3 is 5.97 Å². The molecular formula is C20H22NO5S-. The fourth-order valence-electron chi connectivity index (χ4n) is 2.45. The van der Waals surface area contributed by atoms with Crippen molar-refractivity contribution in [1.29, 1.82) is 0 Å². The lowest BCUT2D eigenvalue weighted by Crippen LogP contribution is -2.22. The lowest BCUT2D eigenvalue weighted by atomic mass is 10.0. The van der Waals surface area contributed by atoms with E-state index in [1.165, 1.54) is 11.3 Å². The molecule has 0 radical (unpaired) electrons. The quantitative estimate of drug-likeness (QED) is 0.701. The van der Waals surface area contributed by atoms with Crippen molar-refractivity contribution in [3.8, 4) is 11.1 Å². The molecule has 1 aromatic carbocycles. The minimum absolute atomic E-state index is 0.0322. The molecule has 144 valence electrons. The first kappa shape index (κ1) is 20.6. The molecule has 1 N–H and O–H groups in total. The van der Waals surface area contributed by atoms with Gasteiger partial charge in [-0.2, -0.15) is 0 Å². The molecule has 1 heterocycles. The molecule has 0 aliphatic heterocycles. The first-order valence-electron chi connectivity index (χ1n) is 8.67. The van der Waals surface area contributed by atoms with Gasteiger partial charge in [0.05, 0.1) is 6.10 Å². The van der Waals surface area contributed by atoms with Crippen LogP contribution in [0.25, 0.3) is 11.1 Å². The Morgan fingerprint density at radius 2 is 1.81 bits per heavy atom. The van der Waals surface area contributed by atoms with E-state index in [0.717, 1.165) is 11.1 Å². The Morgan fingerprint density at radius 1 is 1.15 bits per heavy atom. The Labute approximate surface area is 162 Å². The summed E-state index contributed by atoms with van der Waals surface area (Å²) in [7, 11) is 0. The molecule has 1 aromatic heterocycles. The second-order valence-electron chi connectivity index (χ2n) is 6.45. The van der Waals surface area contributed by atoms with E-state index in [4.69, 9.17) is 4.74 Å². The number of rotatable bonds is 8. The Morgan fingerprint density at radius 3 is 2.41 bits per heavy atom. The number of ether oxygens (including phenoxy) is 1. The van der Waals surface area contributed by atoms with Crippen molar-refractivity contribution in [2.75, 3.05) is 5.32 Å². The second kappa shape index (κ2) is 9.32. The van der Waals surface area contributed by atoms with Gasteiger partial charge in [-0.15, -0.1) is 11.3 Å². The van der Waals surface area contributed by atoms with Crippen molar-refractivity contribution in [3.63, 3.8) is 0 Å². The molecule has 6 nitrogen and oxygen atoms in total. The molecule has 7 heteroatoms. The first-order valence-corrected chi connectivity index (χ1v) is 9.55. The highest BCUT2D eigenvalue weighted by Gasteiger charge is 2.23. The van der Waals surface area contributed by atoms with E-state index in [1.807, 2.05) is 31.2 Å². The zero-order valence-electron chi connectivity index (χ0n) is 15.5. The van der Waals surface area contributed by atoms with Crippen LogP contribution in [-0.2, 0) is 14.3 Å². The third-order valence-electron chi connectivity index (χ3n) is 3.74. The van der Waals surface area contributed by atoms with Crippen LogP contribution in [0, 0.1) is 6.92 Å². The fraction of sp³-hybridized carbons (Fsp3) is 0.350. The SMILES string of the molecule is Cc1ccc(-c2csc(NC(=O)CCCC(=O)[O-])c2C(=O)OC(C)C)cc1. The van der Waals surface area contributed by atoms with Crippen LogP contribution in [-0.4, -0.2) is 23.9 Å². The van der Waals surface area contributed by atoms with Crippen LogP contribution in [0.1, 0.15) is 49.0 Å². The number of carboxylic acid groups (broad SMARTS) is 1. The van der Waals surface area contributed by atoms with E-state index in [9.17, 15) is 19.5 Å². The van der Waals surface area contributed by atoms with Crippen LogP contribution in [0.15, 0.2) is 29.6 Å². The number of hydrogen-bond donors (Lipinski definition) is 1. The third-order valence-corrected chi connectivity index (χ3v) is 4.63. The van der Waals surface area contributed by atoms with Gasteiger partial charge in [-0.25, -0.2) is 4.79 Å². The van der Waals surface area contributed by atoms with Crippen LogP contribution in [0.3, 0.4) is 0 Å². The van der Waals surface area contributed by atoms with Gasteiger partial charge in [0.1, 0.15) is 10.6 Å². The Balaban J connectivity index is 2.28. The lowest BCUT2D eigenvalue weighted by Gasteiger charge is -2.12. The van der Waals surface area contributed by atoms with Crippen molar-refractivity contribution in [3.05, 3.63) is 40.8 Å². The molecule has 0 bridgehead atoms. The standard InChI is InChI=1S/C20H23NO5S/c1-12(2)26-20(25)18-15(14-9-7-13(3)8-10-14)11-27-19(18)21-16(22)5-4-6-17(23)24/h7-12H,4-6H2,1-3H3,(H,21,22)(H,23,24)/p-1. The summed E-state index contributed by atoms with van der Waals surface area (Å²) in [4.78, 5) is 35.2. The fourth-order valence-corrected chi connectivity index (χ4v) is 3.43. The van der Waals surface area contributed by atoms with Gasteiger partial charge in [-0.05, 0) is 39.2 Å². The number of amides is 1. The van der Waals surface area contributed by atoms with E-state index < -0.39 is 11.9 Å². The number of hydrogen-bond acceptors (Lipinski definition) is 6. The largest absolute Gasteiger partial charge is 0.550 e. The molecule has 0 fully saturated rings. The van der Waals surface area contributed by atoms with Crippen molar-refractivity contribution in [2.45, 2.75) is 46.1 Å². The maximum absolute atomic E-state index is 12.6. The topological polar surface area (TPSA) is 95.5 Å². The molecule has 0 saturated heterocycles. The summed E-state index contributed by atoms with van der Waals surface area (Å²) in [5.41, 5.74) is 2.95. The Bertz CT molecular complexity index is 823. The zero-order valence-corrected chi connectivity index (χ0v) is 16.4. The average Bonchev–Trinajstić information content (AvgIpc) is 2.98. The van der Waals surface area contributed by atoms with Crippen molar-refractivity contribution < 1.29 is 24.2 Å². The number of anilines is 1. The molecule has 0 atom stereocenters. The molecule has 2 rings (SSSR count). The highest BCUT2D eigenvalue weighted by Crippen LogP contribution is 2.36. The smallest absolute Gasteiger partial charge is 0.342 e. The van der Waals surface area contributed by atoms with Gasteiger partial charge in [-0.3, -0.25) is 4.79 Å². The number of esters is 1. The highest BCUT2D eigenvalue weighted by atomic mass is 32.1. The summed E-state index contributed by atoms with van der Waals surface area (Å²) in [6.07, 6.45) is -0.273. The Kier molecular flexibility index (Phi) is 7.12. The predicted molar refractivity (Wildman–Crippen MR) is 103 cm³/mol. The zero-order chi connectivity index (χ0) is 20.0. The number of benzene rings is 1. The number of carboxylic acids is 1. The number of nitrogens with one attached hydrogen (secondary N) is 1. The van der Waals surface area contributed by atoms with Crippen LogP contribution in [0.2, 0.25) is 0 Å². The summed E-state index contributed by atoms with van der Waals surface area (Å²) < 4.78 is 5.35. The molecular weight excluding hydrogens is 366 g/mol. The molecule has 0 saturated carbocycles. The van der Waals surface area contributed by atoms with Crippen molar-refractivity contribution >= 4 is 34.2 Å². The lowest BCUT2D eigenvalue weighted by molar-refractivity contribution is -0.305. The first-order chi connectivity index (χ1) is 12.8. The number of carbonyl (C=O) groups excluding carboxylic acids is 3. The molecule has 0 spiro atoms. The Hall–Kier alpha value is -2.67. The van der Waals surface area contributed by atoms with E-state index in [1.54, 1.807) is 19.2 Å². The maximum atomic E-state index is 12.6. The average molecular weight is 388 g/mol. The van der Waals surface area contributed by atoms with Crippen molar-refractivity contribution in [2.24, 2.45) is 0 Å². The van der Waals surface area contributed by atoms with E-state index in [-0.39, 0.29) is 31.3 Å². The van der Waals surface area contributed by atoms with Gasteiger partial charge in [-0.1, -0.05) is 29.8 Å². The molecule has 27 heavy (non-hydrogen) atoms. The van der Waals surface area contributed by atoms with Crippen molar-refractivity contribution in [1.82, 2.24) is 0 Å². The van der Waals surface area contributed by atoms with Gasteiger partial charge in [0, 0.05) is 23.3 Å². The van der Waals surface area contributed by atoms with Gasteiger partial charge in [0.25, 0.3) is 0 Å². The summed E-state index contributed by atoms with van der Waals surface area (Å²) in [5.74, 6) is -2.05. The van der Waals surface area contributed by atoms with Gasteiger partial charge in [0.2, 0.25) is 5.91 Å². The minimum atomic E-state index is -1.19. The van der Waals surface area contributed by atoms with E-state index >= 15 is 0 Å². The minimum Gasteiger partial charge on any atom is -0.550 e. The van der Waals surface area contributed by atoms with Crippen LogP contribution in [0.4, 0.5) is 5.00 Å². The van der Waals surface area contributed by atoms with Gasteiger partial charge < -0.3 is 20.0 Å². The van der Waals surface area contributed by atoms with Crippen LogP contribution >= 0.6 is 11.3 Å². The second-order valence-corrected chi connectivity index (χ2v) is 7.33. The molecule has 2 aromatic rings. The summed E-state index contributed by atoms with van der Waals surface area (Å²) >= 11 is 1.24. The number of thiophene rings is 1. The van der Waals surface area contributed by atoms with E-state index in [0.29, 0.717) is 16.1 Å². The number of carbonyl (C=O) groups is 3. The highest BCUT2D eigenvalue weighted by molar-refractivity contribution is 7.15. The molecule has 0 unspecified atom stereocenters.